The van der Waals surface area contributed by atoms with E-state index in [0.29, 0.717) is 39.3 Å². The van der Waals surface area contributed by atoms with Gasteiger partial charge in [-0.25, -0.2) is 12.8 Å². The fourth-order valence-electron chi connectivity index (χ4n) is 4.10. The predicted molar refractivity (Wildman–Crippen MR) is 110 cm³/mol. The summed E-state index contributed by atoms with van der Waals surface area (Å²) in [6.45, 7) is 2.76. The van der Waals surface area contributed by atoms with Crippen LogP contribution in [0.25, 0.3) is 0 Å². The normalized spacial score (nSPS) is 21.3. The van der Waals surface area contributed by atoms with Crippen LogP contribution < -0.4 is 0 Å². The lowest BCUT2D eigenvalue weighted by atomic mass is 10.2. The van der Waals surface area contributed by atoms with Crippen molar-refractivity contribution in [3.63, 3.8) is 0 Å². The van der Waals surface area contributed by atoms with Crippen molar-refractivity contribution in [1.29, 1.82) is 0 Å². The first-order valence-electron chi connectivity index (χ1n) is 10.1. The van der Waals surface area contributed by atoms with E-state index in [-0.39, 0.29) is 23.3 Å². The topological polar surface area (TPSA) is 73.8 Å². The van der Waals surface area contributed by atoms with Gasteiger partial charge in [0.05, 0.1) is 24.0 Å². The van der Waals surface area contributed by atoms with Crippen molar-refractivity contribution in [1.82, 2.24) is 19.1 Å². The maximum Gasteiger partial charge on any atom is 0.240 e. The Morgan fingerprint density at radius 3 is 2.43 bits per heavy atom. The van der Waals surface area contributed by atoms with E-state index < -0.39 is 15.8 Å². The lowest BCUT2D eigenvalue weighted by Gasteiger charge is -2.36. The average Bonchev–Trinajstić information content (AvgIpc) is 3.11. The Kier molecular flexibility index (Phi) is 6.12. The fourth-order valence-corrected chi connectivity index (χ4v) is 5.63. The quantitative estimate of drug-likeness (QED) is 0.691. The molecule has 2 aliphatic rings. The Bertz CT molecular complexity index is 994. The van der Waals surface area contributed by atoms with E-state index in [1.165, 1.54) is 16.4 Å². The van der Waals surface area contributed by atoms with Crippen molar-refractivity contribution >= 4 is 15.9 Å². The monoisotopic (exact) mass is 432 g/mol. The third kappa shape index (κ3) is 4.53. The number of amides is 1. The van der Waals surface area contributed by atoms with Gasteiger partial charge in [0.25, 0.3) is 0 Å². The Morgan fingerprint density at radius 1 is 1.00 bits per heavy atom. The highest BCUT2D eigenvalue weighted by Gasteiger charge is 2.38. The minimum atomic E-state index is -3.61. The summed E-state index contributed by atoms with van der Waals surface area (Å²) in [4.78, 5) is 21.0. The van der Waals surface area contributed by atoms with Gasteiger partial charge in [-0.05, 0) is 24.6 Å². The molecular weight excluding hydrogens is 407 g/mol. The maximum atomic E-state index is 13.9. The third-order valence-electron chi connectivity index (χ3n) is 5.75. The number of hydrogen-bond acceptors (Lipinski definition) is 5. The van der Waals surface area contributed by atoms with E-state index in [1.54, 1.807) is 18.3 Å². The molecule has 0 aliphatic carbocycles. The molecule has 3 heterocycles. The number of carbonyl (C=O) groups excluding carboxylic acids is 1. The highest BCUT2D eigenvalue weighted by molar-refractivity contribution is 7.88. The molecule has 2 aliphatic heterocycles. The first-order chi connectivity index (χ1) is 14.4. The number of aromatic nitrogens is 1. The summed E-state index contributed by atoms with van der Waals surface area (Å²) in [5.41, 5.74) is 1.03. The second-order valence-corrected chi connectivity index (χ2v) is 9.64. The van der Waals surface area contributed by atoms with E-state index in [2.05, 4.69) is 9.88 Å². The zero-order valence-electron chi connectivity index (χ0n) is 16.7. The minimum absolute atomic E-state index is 0.0725. The van der Waals surface area contributed by atoms with Gasteiger partial charge in [-0.15, -0.1) is 0 Å². The molecule has 0 radical (unpaired) electrons. The van der Waals surface area contributed by atoms with Crippen LogP contribution in [0.3, 0.4) is 0 Å². The van der Waals surface area contributed by atoms with Crippen LogP contribution in [0, 0.1) is 5.82 Å². The van der Waals surface area contributed by atoms with E-state index in [4.69, 9.17) is 0 Å². The van der Waals surface area contributed by atoms with E-state index in [1.807, 2.05) is 23.1 Å². The molecule has 0 bridgehead atoms. The number of carbonyl (C=O) groups is 1. The van der Waals surface area contributed by atoms with Gasteiger partial charge in [-0.3, -0.25) is 14.7 Å². The molecule has 160 valence electrons. The van der Waals surface area contributed by atoms with E-state index >= 15 is 0 Å². The molecule has 0 N–H and O–H groups in total. The number of sulfonamides is 1. The molecule has 1 unspecified atom stereocenters. The highest BCUT2D eigenvalue weighted by Crippen LogP contribution is 2.22. The Labute approximate surface area is 176 Å². The number of pyridine rings is 1. The molecule has 1 aromatic carbocycles. The zero-order valence-corrected chi connectivity index (χ0v) is 17.5. The second kappa shape index (κ2) is 8.79. The SMILES string of the molecule is O=C1C(N2CCN(S(=O)(=O)Cc3ccccc3F)CC2)CCN1Cc1ccccn1. The largest absolute Gasteiger partial charge is 0.335 e. The molecule has 1 amide bonds. The smallest absolute Gasteiger partial charge is 0.240 e. The number of hydrogen-bond donors (Lipinski definition) is 0. The Morgan fingerprint density at radius 2 is 1.73 bits per heavy atom. The van der Waals surface area contributed by atoms with Gasteiger partial charge < -0.3 is 4.90 Å². The molecule has 7 nitrogen and oxygen atoms in total. The summed E-state index contributed by atoms with van der Waals surface area (Å²) in [7, 11) is -3.61. The van der Waals surface area contributed by atoms with Gasteiger partial charge in [0.2, 0.25) is 15.9 Å². The van der Waals surface area contributed by atoms with Gasteiger partial charge in [-0.1, -0.05) is 24.3 Å². The van der Waals surface area contributed by atoms with Gasteiger partial charge in [0.1, 0.15) is 5.82 Å². The lowest BCUT2D eigenvalue weighted by Crippen LogP contribution is -2.53. The summed E-state index contributed by atoms with van der Waals surface area (Å²) in [6, 6.07) is 11.4. The molecular formula is C21H25FN4O3S. The predicted octanol–water partition coefficient (Wildman–Crippen LogP) is 1.47. The summed E-state index contributed by atoms with van der Waals surface area (Å²) in [6.07, 6.45) is 2.45. The fraction of sp³-hybridized carbons (Fsp3) is 0.429. The van der Waals surface area contributed by atoms with Crippen molar-refractivity contribution in [2.45, 2.75) is 24.8 Å². The number of nitrogens with zero attached hydrogens (tertiary/aromatic N) is 4. The van der Waals surface area contributed by atoms with Crippen LogP contribution in [0.15, 0.2) is 48.7 Å². The number of halogens is 1. The van der Waals surface area contributed by atoms with Crippen LogP contribution in [-0.4, -0.2) is 72.2 Å². The van der Waals surface area contributed by atoms with Crippen LogP contribution in [0.1, 0.15) is 17.7 Å². The number of benzene rings is 1. The van der Waals surface area contributed by atoms with Gasteiger partial charge in [-0.2, -0.15) is 4.31 Å². The van der Waals surface area contributed by atoms with Crippen LogP contribution in [0.5, 0.6) is 0 Å². The van der Waals surface area contributed by atoms with Crippen LogP contribution >= 0.6 is 0 Å². The molecule has 2 fully saturated rings. The number of piperazine rings is 1. The van der Waals surface area contributed by atoms with Gasteiger partial charge >= 0.3 is 0 Å². The number of likely N-dealkylation sites (tertiary alicyclic amines) is 1. The van der Waals surface area contributed by atoms with Crippen molar-refractivity contribution in [3.8, 4) is 0 Å². The summed E-state index contributed by atoms with van der Waals surface area (Å²) >= 11 is 0. The average molecular weight is 433 g/mol. The molecule has 2 saturated heterocycles. The van der Waals surface area contributed by atoms with Gasteiger partial charge in [0.15, 0.2) is 0 Å². The maximum absolute atomic E-state index is 13.9. The second-order valence-electron chi connectivity index (χ2n) is 7.67. The molecule has 9 heteroatoms. The minimum Gasteiger partial charge on any atom is -0.335 e. The Hall–Kier alpha value is -2.36. The van der Waals surface area contributed by atoms with Crippen molar-refractivity contribution in [2.24, 2.45) is 0 Å². The highest BCUT2D eigenvalue weighted by atomic mass is 32.2. The first kappa shape index (κ1) is 20.9. The van der Waals surface area contributed by atoms with E-state index in [0.717, 1.165) is 12.1 Å². The zero-order chi connectivity index (χ0) is 21.1. The lowest BCUT2D eigenvalue weighted by molar-refractivity contribution is -0.133. The molecule has 0 saturated carbocycles. The standard InChI is InChI=1S/C21H25FN4O3S/c22-19-7-2-1-5-17(19)16-30(28,29)26-13-11-24(12-14-26)20-8-10-25(21(20)27)15-18-6-3-4-9-23-18/h1-7,9,20H,8,10-16H2. The molecule has 2 aromatic rings. The molecule has 30 heavy (non-hydrogen) atoms. The third-order valence-corrected chi connectivity index (χ3v) is 7.58. The van der Waals surface area contributed by atoms with E-state index in [9.17, 15) is 17.6 Å². The molecule has 1 aromatic heterocycles. The first-order valence-corrected chi connectivity index (χ1v) is 11.7. The summed E-state index contributed by atoms with van der Waals surface area (Å²) in [5.74, 6) is -0.785. The van der Waals surface area contributed by atoms with Crippen LogP contribution in [-0.2, 0) is 27.1 Å². The number of rotatable bonds is 6. The van der Waals surface area contributed by atoms with Crippen molar-refractivity contribution in [2.75, 3.05) is 32.7 Å². The van der Waals surface area contributed by atoms with Crippen LogP contribution in [0.4, 0.5) is 4.39 Å². The summed E-state index contributed by atoms with van der Waals surface area (Å²) in [5, 5.41) is 0. The van der Waals surface area contributed by atoms with Crippen LogP contribution in [0.2, 0.25) is 0 Å². The molecule has 4 rings (SSSR count). The molecule has 1 atom stereocenters. The molecule has 0 spiro atoms. The summed E-state index contributed by atoms with van der Waals surface area (Å²) < 4.78 is 40.7. The van der Waals surface area contributed by atoms with Crippen molar-refractivity contribution in [3.05, 3.63) is 65.7 Å². The van der Waals surface area contributed by atoms with Gasteiger partial charge in [0, 0.05) is 44.5 Å². The Balaban J connectivity index is 1.33. The van der Waals surface area contributed by atoms with Crippen molar-refractivity contribution < 1.29 is 17.6 Å².